The molecule has 0 saturated heterocycles. The predicted molar refractivity (Wildman–Crippen MR) is 82.4 cm³/mol. The summed E-state index contributed by atoms with van der Waals surface area (Å²) in [5.41, 5.74) is 0.755. The summed E-state index contributed by atoms with van der Waals surface area (Å²) >= 11 is 0. The molecule has 4 bridgehead atoms. The van der Waals surface area contributed by atoms with Crippen LogP contribution in [0.15, 0.2) is 24.3 Å². The number of nitrogens with zero attached hydrogens (tertiary/aromatic N) is 1. The summed E-state index contributed by atoms with van der Waals surface area (Å²) in [6.45, 7) is 0. The van der Waals surface area contributed by atoms with Crippen LogP contribution in [-0.2, 0) is 11.2 Å². The number of rotatable bonds is 4. The molecule has 4 heteroatoms. The van der Waals surface area contributed by atoms with Crippen molar-refractivity contribution in [3.05, 3.63) is 39.9 Å². The number of ketones is 1. The Hall–Kier alpha value is -1.71. The second kappa shape index (κ2) is 4.90. The Morgan fingerprint density at radius 1 is 1.14 bits per heavy atom. The standard InChI is InChI=1S/C18H21NO3/c20-17(8-12-2-1-3-16(7-12)19(21)22)18-9-13-4-14(10-18)6-15(5-13)11-18/h1-3,7,13-15H,4-6,8-11H2. The number of nitro benzene ring substituents is 1. The fourth-order valence-electron chi connectivity index (χ4n) is 5.61. The number of hydrogen-bond acceptors (Lipinski definition) is 3. The van der Waals surface area contributed by atoms with Crippen LogP contribution in [0.3, 0.4) is 0 Å². The molecule has 116 valence electrons. The number of hydrogen-bond donors (Lipinski definition) is 0. The van der Waals surface area contributed by atoms with Gasteiger partial charge in [-0.25, -0.2) is 0 Å². The van der Waals surface area contributed by atoms with Crippen LogP contribution < -0.4 is 0 Å². The maximum atomic E-state index is 13.0. The number of benzene rings is 1. The van der Waals surface area contributed by atoms with Crippen LogP contribution in [0.4, 0.5) is 5.69 Å². The minimum absolute atomic E-state index is 0.0795. The highest BCUT2D eigenvalue weighted by atomic mass is 16.6. The lowest BCUT2D eigenvalue weighted by molar-refractivity contribution is -0.384. The third-order valence-corrected chi connectivity index (χ3v) is 6.12. The maximum Gasteiger partial charge on any atom is 0.269 e. The maximum absolute atomic E-state index is 13.0. The molecule has 4 saturated carbocycles. The molecule has 4 fully saturated rings. The van der Waals surface area contributed by atoms with Crippen LogP contribution in [0, 0.1) is 33.3 Å². The summed E-state index contributed by atoms with van der Waals surface area (Å²) in [7, 11) is 0. The van der Waals surface area contributed by atoms with Crippen molar-refractivity contribution in [3.63, 3.8) is 0 Å². The van der Waals surface area contributed by atoms with Crippen molar-refractivity contribution in [3.8, 4) is 0 Å². The van der Waals surface area contributed by atoms with E-state index in [1.807, 2.05) is 6.07 Å². The number of nitro groups is 1. The minimum Gasteiger partial charge on any atom is -0.299 e. The van der Waals surface area contributed by atoms with Crippen LogP contribution in [0.2, 0.25) is 0 Å². The van der Waals surface area contributed by atoms with Crippen molar-refractivity contribution in [2.75, 3.05) is 0 Å². The molecule has 0 N–H and O–H groups in total. The highest BCUT2D eigenvalue weighted by Gasteiger charge is 2.53. The second-order valence-electron chi connectivity index (χ2n) is 7.72. The molecule has 0 aliphatic heterocycles. The largest absolute Gasteiger partial charge is 0.299 e. The molecule has 4 aliphatic rings. The first-order chi connectivity index (χ1) is 10.5. The number of carbonyl (C=O) groups is 1. The first-order valence-electron chi connectivity index (χ1n) is 8.31. The zero-order valence-corrected chi connectivity index (χ0v) is 12.7. The van der Waals surface area contributed by atoms with E-state index in [9.17, 15) is 14.9 Å². The van der Waals surface area contributed by atoms with Gasteiger partial charge in [0.2, 0.25) is 0 Å². The van der Waals surface area contributed by atoms with Crippen molar-refractivity contribution >= 4 is 11.5 Å². The van der Waals surface area contributed by atoms with Crippen molar-refractivity contribution in [2.24, 2.45) is 23.2 Å². The molecule has 4 nitrogen and oxygen atoms in total. The van der Waals surface area contributed by atoms with Gasteiger partial charge in [-0.2, -0.15) is 0 Å². The SMILES string of the molecule is O=C(Cc1cccc([N+](=O)[O-])c1)C12CC3CC(CC(C3)C1)C2. The number of Topliss-reactive ketones (excluding diaryl/α,β-unsaturated/α-hetero) is 1. The summed E-state index contributed by atoms with van der Waals surface area (Å²) < 4.78 is 0. The lowest BCUT2D eigenvalue weighted by Crippen LogP contribution is -2.50. The van der Waals surface area contributed by atoms with Crippen LogP contribution in [0.1, 0.15) is 44.1 Å². The molecule has 0 heterocycles. The molecular weight excluding hydrogens is 278 g/mol. The molecule has 0 amide bonds. The lowest BCUT2D eigenvalue weighted by Gasteiger charge is -2.56. The van der Waals surface area contributed by atoms with E-state index in [2.05, 4.69) is 0 Å². The Kier molecular flexibility index (Phi) is 3.10. The van der Waals surface area contributed by atoms with Crippen LogP contribution in [0.5, 0.6) is 0 Å². The summed E-state index contributed by atoms with van der Waals surface area (Å²) in [5, 5.41) is 10.9. The lowest BCUT2D eigenvalue weighted by atomic mass is 9.48. The molecular formula is C18H21NO3. The fraction of sp³-hybridized carbons (Fsp3) is 0.611. The first-order valence-corrected chi connectivity index (χ1v) is 8.31. The van der Waals surface area contributed by atoms with E-state index in [0.29, 0.717) is 12.2 Å². The highest BCUT2D eigenvalue weighted by molar-refractivity contribution is 5.87. The van der Waals surface area contributed by atoms with Crippen molar-refractivity contribution in [1.82, 2.24) is 0 Å². The number of carbonyl (C=O) groups excluding carboxylic acids is 1. The van der Waals surface area contributed by atoms with Crippen LogP contribution in [-0.4, -0.2) is 10.7 Å². The zero-order valence-electron chi connectivity index (χ0n) is 12.7. The van der Waals surface area contributed by atoms with Crippen molar-refractivity contribution < 1.29 is 9.72 Å². The molecule has 0 unspecified atom stereocenters. The Morgan fingerprint density at radius 2 is 1.73 bits per heavy atom. The van der Waals surface area contributed by atoms with Gasteiger partial charge in [-0.15, -0.1) is 0 Å². The summed E-state index contributed by atoms with van der Waals surface area (Å²) in [6, 6.07) is 6.56. The van der Waals surface area contributed by atoms with Crippen molar-refractivity contribution in [2.45, 2.75) is 44.9 Å². The van der Waals surface area contributed by atoms with E-state index >= 15 is 0 Å². The summed E-state index contributed by atoms with van der Waals surface area (Å²) in [4.78, 5) is 23.5. The van der Waals surface area contributed by atoms with E-state index in [1.165, 1.54) is 25.3 Å². The van der Waals surface area contributed by atoms with Gasteiger partial charge in [0, 0.05) is 24.0 Å². The van der Waals surface area contributed by atoms with Crippen LogP contribution >= 0.6 is 0 Å². The fourth-order valence-corrected chi connectivity index (χ4v) is 5.61. The second-order valence-corrected chi connectivity index (χ2v) is 7.72. The van der Waals surface area contributed by atoms with E-state index in [1.54, 1.807) is 12.1 Å². The quantitative estimate of drug-likeness (QED) is 0.625. The Labute approximate surface area is 130 Å². The van der Waals surface area contributed by atoms with Gasteiger partial charge in [0.15, 0.2) is 0 Å². The smallest absolute Gasteiger partial charge is 0.269 e. The van der Waals surface area contributed by atoms with Crippen LogP contribution in [0.25, 0.3) is 0 Å². The van der Waals surface area contributed by atoms with Gasteiger partial charge >= 0.3 is 0 Å². The molecule has 0 aromatic heterocycles. The van der Waals surface area contributed by atoms with E-state index in [-0.39, 0.29) is 11.1 Å². The molecule has 22 heavy (non-hydrogen) atoms. The summed E-state index contributed by atoms with van der Waals surface area (Å²) in [6.07, 6.45) is 7.51. The van der Waals surface area contributed by atoms with Gasteiger partial charge in [-0.3, -0.25) is 14.9 Å². The molecule has 1 aromatic carbocycles. The minimum atomic E-state index is -0.390. The average molecular weight is 299 g/mol. The van der Waals surface area contributed by atoms with Gasteiger partial charge < -0.3 is 0 Å². The van der Waals surface area contributed by atoms with E-state index < -0.39 is 4.92 Å². The predicted octanol–water partition coefficient (Wildman–Crippen LogP) is 3.92. The monoisotopic (exact) mass is 299 g/mol. The normalized spacial score (nSPS) is 35.5. The highest BCUT2D eigenvalue weighted by Crippen LogP contribution is 2.60. The van der Waals surface area contributed by atoms with E-state index in [4.69, 9.17) is 0 Å². The van der Waals surface area contributed by atoms with Gasteiger partial charge in [0.25, 0.3) is 5.69 Å². The van der Waals surface area contributed by atoms with Crippen molar-refractivity contribution in [1.29, 1.82) is 0 Å². The Bertz CT molecular complexity index is 602. The molecule has 0 spiro atoms. The molecule has 1 aromatic rings. The first kappa shape index (κ1) is 13.9. The van der Waals surface area contributed by atoms with Gasteiger partial charge in [-0.05, 0) is 61.8 Å². The molecule has 4 aliphatic carbocycles. The molecule has 0 atom stereocenters. The molecule has 5 rings (SSSR count). The molecule has 0 radical (unpaired) electrons. The van der Waals surface area contributed by atoms with E-state index in [0.717, 1.165) is 42.6 Å². The van der Waals surface area contributed by atoms with Gasteiger partial charge in [0.05, 0.1) is 4.92 Å². The third-order valence-electron chi connectivity index (χ3n) is 6.12. The Balaban J connectivity index is 1.55. The third kappa shape index (κ3) is 2.25. The number of non-ortho nitro benzene ring substituents is 1. The topological polar surface area (TPSA) is 60.2 Å². The average Bonchev–Trinajstić information content (AvgIpc) is 2.46. The Morgan fingerprint density at radius 3 is 2.27 bits per heavy atom. The summed E-state index contributed by atoms with van der Waals surface area (Å²) in [5.74, 6) is 2.58. The zero-order chi connectivity index (χ0) is 15.3. The van der Waals surface area contributed by atoms with Gasteiger partial charge in [0.1, 0.15) is 5.78 Å². The van der Waals surface area contributed by atoms with Gasteiger partial charge in [-0.1, -0.05) is 12.1 Å².